The number of rotatable bonds is 12. The number of hydrogen-bond donors (Lipinski definition) is 5. The van der Waals surface area contributed by atoms with Crippen LogP contribution in [0.1, 0.15) is 49.3 Å². The summed E-state index contributed by atoms with van der Waals surface area (Å²) in [5, 5.41) is 10.7. The highest BCUT2D eigenvalue weighted by Crippen LogP contribution is 2.44. The van der Waals surface area contributed by atoms with Gasteiger partial charge in [0.15, 0.2) is 0 Å². The molecular formula is C33H38N5O5. The number of benzene rings is 3. The van der Waals surface area contributed by atoms with E-state index in [4.69, 9.17) is 10.5 Å². The molecule has 6 N–H and O–H groups in total. The first-order valence-corrected chi connectivity index (χ1v) is 14.3. The van der Waals surface area contributed by atoms with Crippen LogP contribution < -0.4 is 27.0 Å². The van der Waals surface area contributed by atoms with Crippen LogP contribution in [-0.4, -0.2) is 49.2 Å². The van der Waals surface area contributed by atoms with Crippen molar-refractivity contribution in [3.63, 3.8) is 0 Å². The van der Waals surface area contributed by atoms with E-state index in [1.165, 1.54) is 0 Å². The zero-order chi connectivity index (χ0) is 30.9. The predicted octanol–water partition coefficient (Wildman–Crippen LogP) is 4.30. The largest absolute Gasteiger partial charge is 0.449 e. The summed E-state index contributed by atoms with van der Waals surface area (Å²) in [7, 11) is 0. The summed E-state index contributed by atoms with van der Waals surface area (Å²) in [5.74, 6) is -1.39. The first kappa shape index (κ1) is 31.1. The van der Waals surface area contributed by atoms with Gasteiger partial charge in [-0.15, -0.1) is 0 Å². The molecule has 0 saturated heterocycles. The van der Waals surface area contributed by atoms with Crippen molar-refractivity contribution in [3.8, 4) is 11.1 Å². The summed E-state index contributed by atoms with van der Waals surface area (Å²) >= 11 is 0. The number of anilines is 1. The normalized spacial score (nSPS) is 13.3. The molecule has 3 aromatic carbocycles. The van der Waals surface area contributed by atoms with Crippen molar-refractivity contribution < 1.29 is 23.9 Å². The van der Waals surface area contributed by atoms with E-state index >= 15 is 0 Å². The van der Waals surface area contributed by atoms with E-state index in [0.717, 1.165) is 27.8 Å². The summed E-state index contributed by atoms with van der Waals surface area (Å²) in [4.78, 5) is 50.6. The molecule has 0 bridgehead atoms. The number of alkyl carbamates (subject to hydrolysis) is 1. The molecule has 1 aliphatic rings. The summed E-state index contributed by atoms with van der Waals surface area (Å²) in [6.07, 6.45) is -0.123. The van der Waals surface area contributed by atoms with Crippen molar-refractivity contribution in [1.29, 1.82) is 0 Å². The van der Waals surface area contributed by atoms with E-state index in [1.807, 2.05) is 36.4 Å². The number of amides is 5. The lowest BCUT2D eigenvalue weighted by Crippen LogP contribution is -2.54. The highest BCUT2D eigenvalue weighted by Gasteiger charge is 2.32. The number of carbonyl (C=O) groups is 4. The van der Waals surface area contributed by atoms with E-state index in [1.54, 1.807) is 38.1 Å². The van der Waals surface area contributed by atoms with E-state index < -0.39 is 36.0 Å². The molecule has 0 spiro atoms. The Morgan fingerprint density at radius 3 is 2.05 bits per heavy atom. The number of carbonyl (C=O) groups excluding carboxylic acids is 4. The molecule has 0 aromatic heterocycles. The Morgan fingerprint density at radius 2 is 1.47 bits per heavy atom. The van der Waals surface area contributed by atoms with E-state index in [0.29, 0.717) is 12.1 Å². The minimum atomic E-state index is -0.958. The number of primary amides is 1. The van der Waals surface area contributed by atoms with Crippen molar-refractivity contribution >= 4 is 29.6 Å². The van der Waals surface area contributed by atoms with Gasteiger partial charge in [-0.25, -0.2) is 9.59 Å². The third-order valence-corrected chi connectivity index (χ3v) is 7.39. The Hall–Kier alpha value is -4.86. The van der Waals surface area contributed by atoms with Crippen molar-refractivity contribution in [3.05, 3.63) is 96.4 Å². The minimum absolute atomic E-state index is 0.107. The fourth-order valence-corrected chi connectivity index (χ4v) is 5.17. The lowest BCUT2D eigenvalue weighted by Gasteiger charge is -2.25. The fourth-order valence-electron chi connectivity index (χ4n) is 5.17. The van der Waals surface area contributed by atoms with Crippen LogP contribution >= 0.6 is 0 Å². The first-order chi connectivity index (χ1) is 20.6. The van der Waals surface area contributed by atoms with Gasteiger partial charge in [0, 0.05) is 18.2 Å². The molecule has 0 unspecified atom stereocenters. The Kier molecular flexibility index (Phi) is 10.4. The average molecular weight is 585 g/mol. The van der Waals surface area contributed by atoms with E-state index in [2.05, 4.69) is 40.3 Å². The van der Waals surface area contributed by atoms with Crippen molar-refractivity contribution in [2.75, 3.05) is 18.5 Å². The van der Waals surface area contributed by atoms with Gasteiger partial charge in [0.2, 0.25) is 11.8 Å². The third kappa shape index (κ3) is 8.12. The Bertz CT molecular complexity index is 1410. The van der Waals surface area contributed by atoms with Crippen LogP contribution in [-0.2, 0) is 14.3 Å². The van der Waals surface area contributed by atoms with Crippen molar-refractivity contribution in [1.82, 2.24) is 16.0 Å². The zero-order valence-electron chi connectivity index (χ0n) is 24.4. The minimum Gasteiger partial charge on any atom is -0.449 e. The number of urea groups is 1. The fraction of sp³-hybridized carbons (Fsp3) is 0.303. The van der Waals surface area contributed by atoms with Gasteiger partial charge in [-0.3, -0.25) is 9.59 Å². The van der Waals surface area contributed by atoms with Gasteiger partial charge in [0.05, 0.1) is 0 Å². The Morgan fingerprint density at radius 1 is 0.860 bits per heavy atom. The van der Waals surface area contributed by atoms with Gasteiger partial charge in [0.1, 0.15) is 18.7 Å². The molecule has 0 aliphatic heterocycles. The number of nitrogens with one attached hydrogen (secondary N) is 4. The quantitative estimate of drug-likeness (QED) is 0.201. The molecule has 3 aromatic rings. The van der Waals surface area contributed by atoms with Crippen LogP contribution in [0.5, 0.6) is 0 Å². The second kappa shape index (κ2) is 14.4. The molecule has 1 radical (unpaired) electrons. The number of ether oxygens (including phenoxy) is 1. The second-order valence-corrected chi connectivity index (χ2v) is 10.9. The molecule has 1 aliphatic carbocycles. The highest BCUT2D eigenvalue weighted by molar-refractivity contribution is 5.98. The van der Waals surface area contributed by atoms with Gasteiger partial charge in [-0.2, -0.15) is 0 Å². The molecule has 0 saturated carbocycles. The maximum absolute atomic E-state index is 13.4. The van der Waals surface area contributed by atoms with Gasteiger partial charge in [0.25, 0.3) is 0 Å². The molecule has 225 valence electrons. The van der Waals surface area contributed by atoms with Crippen LogP contribution in [0.2, 0.25) is 0 Å². The van der Waals surface area contributed by atoms with Gasteiger partial charge >= 0.3 is 12.1 Å². The summed E-state index contributed by atoms with van der Waals surface area (Å²) < 4.78 is 5.65. The summed E-state index contributed by atoms with van der Waals surface area (Å²) in [6, 6.07) is 20.4. The van der Waals surface area contributed by atoms with Crippen LogP contribution in [0.3, 0.4) is 0 Å². The smallest absolute Gasteiger partial charge is 0.407 e. The standard InChI is InChI=1S/C33H38N5O5/c1-20(2)29(38-33(42)43-19-27-25-11-6-4-9-23(25)24-10-5-7-12-26(24)27)31(40)37-28(13-8-18-35-32(34)41)30(39)36-22-16-14-21(3)15-17-22/h4-7,9-12,14-17,20,27-29H,3,8,13,18-19H2,1-2H3,(H,36,39)(H,37,40)(H,38,42)(H3,34,35,41)/t28-,29-/m0/s1. The lowest BCUT2D eigenvalue weighted by molar-refractivity contribution is -0.128. The van der Waals surface area contributed by atoms with Crippen molar-refractivity contribution in [2.24, 2.45) is 11.7 Å². The topological polar surface area (TPSA) is 152 Å². The monoisotopic (exact) mass is 584 g/mol. The number of hydrogen-bond acceptors (Lipinski definition) is 5. The van der Waals surface area contributed by atoms with E-state index in [-0.39, 0.29) is 31.4 Å². The Balaban J connectivity index is 1.39. The predicted molar refractivity (Wildman–Crippen MR) is 165 cm³/mol. The van der Waals surface area contributed by atoms with Gasteiger partial charge in [-0.1, -0.05) is 74.5 Å². The zero-order valence-corrected chi connectivity index (χ0v) is 24.4. The van der Waals surface area contributed by atoms with Gasteiger partial charge in [-0.05, 0) is 65.6 Å². The molecule has 2 atom stereocenters. The van der Waals surface area contributed by atoms with Crippen molar-refractivity contribution in [2.45, 2.75) is 44.7 Å². The Labute approximate surface area is 251 Å². The molecule has 10 heteroatoms. The SMILES string of the molecule is [CH2]c1ccc(NC(=O)[C@H](CCCNC(N)=O)NC(=O)[C@@H](NC(=O)OCC2c3ccccc3-c3ccccc32)C(C)C)cc1. The first-order valence-electron chi connectivity index (χ1n) is 14.3. The third-order valence-electron chi connectivity index (χ3n) is 7.39. The molecule has 43 heavy (non-hydrogen) atoms. The van der Waals surface area contributed by atoms with Gasteiger partial charge < -0.3 is 31.7 Å². The van der Waals surface area contributed by atoms with Crippen LogP contribution in [0.4, 0.5) is 15.3 Å². The molecule has 4 rings (SSSR count). The molecule has 5 amide bonds. The van der Waals surface area contributed by atoms with E-state index in [9.17, 15) is 19.2 Å². The highest BCUT2D eigenvalue weighted by atomic mass is 16.5. The lowest BCUT2D eigenvalue weighted by atomic mass is 9.98. The van der Waals surface area contributed by atoms with Crippen LogP contribution in [0.15, 0.2) is 72.8 Å². The summed E-state index contributed by atoms with van der Waals surface area (Å²) in [5.41, 5.74) is 10.9. The molecular weight excluding hydrogens is 546 g/mol. The molecule has 10 nitrogen and oxygen atoms in total. The average Bonchev–Trinajstić information content (AvgIpc) is 3.30. The van der Waals surface area contributed by atoms with Crippen LogP contribution in [0, 0.1) is 12.8 Å². The maximum atomic E-state index is 13.4. The number of nitrogens with two attached hydrogens (primary N) is 1. The summed E-state index contributed by atoms with van der Waals surface area (Å²) in [6.45, 7) is 7.76. The second-order valence-electron chi connectivity index (χ2n) is 10.9. The molecule has 0 fully saturated rings. The molecule has 0 heterocycles. The maximum Gasteiger partial charge on any atom is 0.407 e. The van der Waals surface area contributed by atoms with Crippen LogP contribution in [0.25, 0.3) is 11.1 Å². The number of fused-ring (bicyclic) bond motifs is 3.